The van der Waals surface area contributed by atoms with Crippen LogP contribution in [0, 0.1) is 5.92 Å². The molecule has 2 aliphatic heterocycles. The number of hydrogen-bond donors (Lipinski definition) is 0. The number of amides is 3. The minimum atomic E-state index is -0.290. The first-order chi connectivity index (χ1) is 14.0. The van der Waals surface area contributed by atoms with Crippen LogP contribution in [0.1, 0.15) is 32.4 Å². The number of carbonyl (C=O) groups excluding carboxylic acids is 3. The first-order valence-corrected chi connectivity index (χ1v) is 10.6. The Morgan fingerprint density at radius 3 is 2.66 bits per heavy atom. The molecule has 0 aromatic carbocycles. The van der Waals surface area contributed by atoms with Gasteiger partial charge in [0.05, 0.1) is 25.3 Å². The monoisotopic (exact) mass is 404 g/mol. The zero-order valence-electron chi connectivity index (χ0n) is 17.5. The molecular formula is C21H32N4O4. The first-order valence-electron chi connectivity index (χ1n) is 10.6. The molecule has 0 saturated carbocycles. The van der Waals surface area contributed by atoms with Crippen LogP contribution < -0.4 is 0 Å². The standard InChI is InChI=1S/C21H32N4O4/c1-3-23(4-2)20(27)16-22-8-6-9-24(11-10-22)21(28)17-13-19(26)25(14-17)15-18-7-5-12-29-18/h5,7,12,17H,3-4,6,8-11,13-16H2,1-2H3. The van der Waals surface area contributed by atoms with E-state index in [0.29, 0.717) is 39.3 Å². The van der Waals surface area contributed by atoms with Crippen molar-refractivity contribution in [2.45, 2.75) is 33.2 Å². The highest BCUT2D eigenvalue weighted by atomic mass is 16.3. The summed E-state index contributed by atoms with van der Waals surface area (Å²) in [6, 6.07) is 3.64. The summed E-state index contributed by atoms with van der Waals surface area (Å²) < 4.78 is 5.32. The van der Waals surface area contributed by atoms with E-state index in [-0.39, 0.29) is 30.1 Å². The van der Waals surface area contributed by atoms with Crippen molar-refractivity contribution in [2.75, 3.05) is 52.4 Å². The lowest BCUT2D eigenvalue weighted by Crippen LogP contribution is -2.43. The molecule has 3 rings (SSSR count). The molecule has 29 heavy (non-hydrogen) atoms. The fraction of sp³-hybridized carbons (Fsp3) is 0.667. The van der Waals surface area contributed by atoms with Crippen molar-refractivity contribution in [2.24, 2.45) is 5.92 Å². The molecule has 3 heterocycles. The third-order valence-electron chi connectivity index (χ3n) is 5.87. The van der Waals surface area contributed by atoms with Gasteiger partial charge in [-0.25, -0.2) is 0 Å². The van der Waals surface area contributed by atoms with Crippen LogP contribution in [-0.2, 0) is 20.9 Å². The van der Waals surface area contributed by atoms with E-state index >= 15 is 0 Å². The molecule has 0 bridgehead atoms. The van der Waals surface area contributed by atoms with Gasteiger partial charge in [0.1, 0.15) is 5.76 Å². The Kier molecular flexibility index (Phi) is 7.30. The van der Waals surface area contributed by atoms with Gasteiger partial charge in [-0.05, 0) is 32.4 Å². The third kappa shape index (κ3) is 5.38. The molecule has 2 saturated heterocycles. The van der Waals surface area contributed by atoms with Gasteiger partial charge in [-0.15, -0.1) is 0 Å². The summed E-state index contributed by atoms with van der Waals surface area (Å²) in [5.74, 6) is 0.638. The SMILES string of the molecule is CCN(CC)C(=O)CN1CCCN(C(=O)C2CC(=O)N(Cc3ccco3)C2)CC1. The van der Waals surface area contributed by atoms with Crippen LogP contribution in [0.5, 0.6) is 0 Å². The van der Waals surface area contributed by atoms with Gasteiger partial charge in [0.2, 0.25) is 17.7 Å². The predicted molar refractivity (Wildman–Crippen MR) is 108 cm³/mol. The van der Waals surface area contributed by atoms with E-state index in [9.17, 15) is 14.4 Å². The van der Waals surface area contributed by atoms with E-state index in [0.717, 1.165) is 31.8 Å². The highest BCUT2D eigenvalue weighted by Crippen LogP contribution is 2.23. The Morgan fingerprint density at radius 2 is 1.97 bits per heavy atom. The maximum Gasteiger partial charge on any atom is 0.236 e. The van der Waals surface area contributed by atoms with E-state index in [4.69, 9.17) is 4.42 Å². The number of nitrogens with zero attached hydrogens (tertiary/aromatic N) is 4. The number of hydrogen-bond acceptors (Lipinski definition) is 5. The van der Waals surface area contributed by atoms with Crippen LogP contribution in [0.4, 0.5) is 0 Å². The summed E-state index contributed by atoms with van der Waals surface area (Å²) in [4.78, 5) is 45.2. The van der Waals surface area contributed by atoms with Crippen molar-refractivity contribution in [1.82, 2.24) is 19.6 Å². The lowest BCUT2D eigenvalue weighted by Gasteiger charge is -2.26. The highest BCUT2D eigenvalue weighted by molar-refractivity contribution is 5.89. The van der Waals surface area contributed by atoms with E-state index in [2.05, 4.69) is 4.90 Å². The average Bonchev–Trinajstić information content (AvgIpc) is 3.28. The van der Waals surface area contributed by atoms with Crippen LogP contribution in [0.25, 0.3) is 0 Å². The van der Waals surface area contributed by atoms with Crippen molar-refractivity contribution in [3.63, 3.8) is 0 Å². The lowest BCUT2D eigenvalue weighted by molar-refractivity contribution is -0.135. The second-order valence-corrected chi connectivity index (χ2v) is 7.78. The molecule has 8 heteroatoms. The van der Waals surface area contributed by atoms with Crippen molar-refractivity contribution >= 4 is 17.7 Å². The van der Waals surface area contributed by atoms with Crippen LogP contribution in [-0.4, -0.2) is 89.7 Å². The van der Waals surface area contributed by atoms with Crippen molar-refractivity contribution in [3.8, 4) is 0 Å². The molecular weight excluding hydrogens is 372 g/mol. The number of furan rings is 1. The van der Waals surface area contributed by atoms with Gasteiger partial charge < -0.3 is 19.1 Å². The molecule has 1 aromatic rings. The van der Waals surface area contributed by atoms with Crippen molar-refractivity contribution in [1.29, 1.82) is 0 Å². The van der Waals surface area contributed by atoms with Gasteiger partial charge >= 0.3 is 0 Å². The predicted octanol–water partition coefficient (Wildman–Crippen LogP) is 1.03. The summed E-state index contributed by atoms with van der Waals surface area (Å²) in [5.41, 5.74) is 0. The third-order valence-corrected chi connectivity index (χ3v) is 5.87. The Hall–Kier alpha value is -2.35. The summed E-state index contributed by atoms with van der Waals surface area (Å²) in [6.07, 6.45) is 2.70. The van der Waals surface area contributed by atoms with Crippen LogP contribution in [0.2, 0.25) is 0 Å². The summed E-state index contributed by atoms with van der Waals surface area (Å²) in [6.45, 7) is 9.46. The van der Waals surface area contributed by atoms with Gasteiger partial charge in [-0.1, -0.05) is 0 Å². The minimum Gasteiger partial charge on any atom is -0.467 e. The zero-order chi connectivity index (χ0) is 20.8. The van der Waals surface area contributed by atoms with Gasteiger partial charge in [0.25, 0.3) is 0 Å². The van der Waals surface area contributed by atoms with E-state index in [1.165, 1.54) is 0 Å². The summed E-state index contributed by atoms with van der Waals surface area (Å²) in [5, 5.41) is 0. The number of likely N-dealkylation sites (N-methyl/N-ethyl adjacent to an activating group) is 1. The van der Waals surface area contributed by atoms with E-state index < -0.39 is 0 Å². The van der Waals surface area contributed by atoms with E-state index in [1.807, 2.05) is 29.7 Å². The van der Waals surface area contributed by atoms with Crippen molar-refractivity contribution < 1.29 is 18.8 Å². The largest absolute Gasteiger partial charge is 0.467 e. The average molecular weight is 405 g/mol. The van der Waals surface area contributed by atoms with Crippen LogP contribution in [0.3, 0.4) is 0 Å². The molecule has 8 nitrogen and oxygen atoms in total. The molecule has 1 atom stereocenters. The number of rotatable bonds is 7. The molecule has 0 spiro atoms. The van der Waals surface area contributed by atoms with Gasteiger partial charge in [0.15, 0.2) is 0 Å². The molecule has 0 aliphatic carbocycles. The van der Waals surface area contributed by atoms with Gasteiger partial charge in [-0.3, -0.25) is 19.3 Å². The maximum atomic E-state index is 13.0. The molecule has 1 aromatic heterocycles. The van der Waals surface area contributed by atoms with E-state index in [1.54, 1.807) is 17.2 Å². The fourth-order valence-corrected chi connectivity index (χ4v) is 4.16. The van der Waals surface area contributed by atoms with Crippen LogP contribution >= 0.6 is 0 Å². The molecule has 160 valence electrons. The lowest BCUT2D eigenvalue weighted by atomic mass is 10.1. The fourth-order valence-electron chi connectivity index (χ4n) is 4.16. The zero-order valence-corrected chi connectivity index (χ0v) is 17.5. The molecule has 2 fully saturated rings. The Labute approximate surface area is 172 Å². The topological polar surface area (TPSA) is 77.3 Å². The summed E-state index contributed by atoms with van der Waals surface area (Å²) in [7, 11) is 0. The first kappa shape index (κ1) is 21.4. The van der Waals surface area contributed by atoms with Gasteiger partial charge in [0, 0.05) is 52.2 Å². The summed E-state index contributed by atoms with van der Waals surface area (Å²) >= 11 is 0. The second kappa shape index (κ2) is 9.91. The smallest absolute Gasteiger partial charge is 0.236 e. The Morgan fingerprint density at radius 1 is 1.17 bits per heavy atom. The Balaban J connectivity index is 1.50. The maximum absolute atomic E-state index is 13.0. The second-order valence-electron chi connectivity index (χ2n) is 7.78. The van der Waals surface area contributed by atoms with Crippen molar-refractivity contribution in [3.05, 3.63) is 24.2 Å². The highest BCUT2D eigenvalue weighted by Gasteiger charge is 2.37. The molecule has 2 aliphatic rings. The number of carbonyl (C=O) groups is 3. The van der Waals surface area contributed by atoms with Crippen LogP contribution in [0.15, 0.2) is 22.8 Å². The molecule has 0 N–H and O–H groups in total. The molecule has 0 radical (unpaired) electrons. The normalized spacial score (nSPS) is 20.8. The van der Waals surface area contributed by atoms with Gasteiger partial charge in [-0.2, -0.15) is 0 Å². The molecule has 1 unspecified atom stereocenters. The Bertz CT molecular complexity index is 702. The number of likely N-dealkylation sites (tertiary alicyclic amines) is 1. The minimum absolute atomic E-state index is 0.000942. The quantitative estimate of drug-likeness (QED) is 0.678. The molecule has 3 amide bonds.